The Hall–Kier alpha value is -3.28. The van der Waals surface area contributed by atoms with E-state index in [4.69, 9.17) is 9.47 Å². The molecule has 1 aromatic heterocycles. The summed E-state index contributed by atoms with van der Waals surface area (Å²) in [6.07, 6.45) is 2.46. The fourth-order valence-corrected chi connectivity index (χ4v) is 3.15. The van der Waals surface area contributed by atoms with Crippen LogP contribution in [0.2, 0.25) is 0 Å². The van der Waals surface area contributed by atoms with Gasteiger partial charge in [0.05, 0.1) is 14.2 Å². The highest BCUT2D eigenvalue weighted by atomic mass is 16.5. The van der Waals surface area contributed by atoms with Crippen LogP contribution in [0, 0.1) is 0 Å². The zero-order valence-electron chi connectivity index (χ0n) is 17.3. The molecule has 0 fully saturated rings. The Bertz CT molecular complexity index is 902. The molecule has 0 radical (unpaired) electrons. The van der Waals surface area contributed by atoms with Crippen molar-refractivity contribution in [2.45, 2.75) is 19.9 Å². The molecule has 0 atom stereocenters. The Balaban J connectivity index is 1.61. The largest absolute Gasteiger partial charge is 0.493 e. The lowest BCUT2D eigenvalue weighted by molar-refractivity contribution is 0.354. The Morgan fingerprint density at radius 2 is 1.69 bits per heavy atom. The molecule has 6 heteroatoms. The van der Waals surface area contributed by atoms with Crippen LogP contribution in [-0.4, -0.2) is 37.3 Å². The lowest BCUT2D eigenvalue weighted by atomic mass is 10.1. The number of methoxy groups -OCH3 is 2. The van der Waals surface area contributed by atoms with Crippen molar-refractivity contribution in [3.8, 4) is 11.5 Å². The number of rotatable bonds is 10. The first kappa shape index (κ1) is 20.5. The molecule has 3 aromatic rings. The van der Waals surface area contributed by atoms with Gasteiger partial charge in [-0.15, -0.1) is 0 Å². The minimum Gasteiger partial charge on any atom is -0.493 e. The van der Waals surface area contributed by atoms with Crippen LogP contribution in [0.15, 0.2) is 60.9 Å². The number of ether oxygens (including phenoxy) is 2. The van der Waals surface area contributed by atoms with Gasteiger partial charge in [-0.2, -0.15) is 0 Å². The molecule has 0 unspecified atom stereocenters. The molecule has 29 heavy (non-hydrogen) atoms. The van der Waals surface area contributed by atoms with E-state index < -0.39 is 0 Å². The van der Waals surface area contributed by atoms with Crippen molar-refractivity contribution < 1.29 is 9.47 Å². The molecule has 1 heterocycles. The Kier molecular flexibility index (Phi) is 7.28. The van der Waals surface area contributed by atoms with Gasteiger partial charge >= 0.3 is 0 Å². The number of nitrogens with zero attached hydrogens (tertiary/aromatic N) is 3. The molecule has 0 aliphatic heterocycles. The van der Waals surface area contributed by atoms with E-state index in [2.05, 4.69) is 51.4 Å². The first-order valence-corrected chi connectivity index (χ1v) is 9.79. The quantitative estimate of drug-likeness (QED) is 0.559. The monoisotopic (exact) mass is 392 g/mol. The first-order valence-electron chi connectivity index (χ1n) is 9.79. The first-order chi connectivity index (χ1) is 14.2. The maximum atomic E-state index is 5.37. The summed E-state index contributed by atoms with van der Waals surface area (Å²) in [5.74, 6) is 3.22. The molecular weight excluding hydrogens is 364 g/mol. The standard InChI is InChI=1S/C23H28N4O2/c1-4-27(16-19-8-6-5-7-9-19)23-15-22(25-17-26-23)24-13-12-18-10-11-20(28-2)21(14-18)29-3/h5-11,14-15,17H,4,12-13,16H2,1-3H3,(H,24,25,26). The Morgan fingerprint density at radius 1 is 0.897 bits per heavy atom. The van der Waals surface area contributed by atoms with E-state index in [9.17, 15) is 0 Å². The minimum atomic E-state index is 0.739. The molecule has 152 valence electrons. The zero-order valence-corrected chi connectivity index (χ0v) is 17.3. The van der Waals surface area contributed by atoms with Crippen LogP contribution < -0.4 is 19.7 Å². The number of aromatic nitrogens is 2. The minimum absolute atomic E-state index is 0.739. The van der Waals surface area contributed by atoms with Crippen molar-refractivity contribution >= 4 is 11.6 Å². The van der Waals surface area contributed by atoms with E-state index in [1.165, 1.54) is 11.1 Å². The topological polar surface area (TPSA) is 59.5 Å². The van der Waals surface area contributed by atoms with Gasteiger partial charge in [0.15, 0.2) is 11.5 Å². The SMILES string of the molecule is CCN(Cc1ccccc1)c1cc(NCCc2ccc(OC)c(OC)c2)ncn1. The maximum absolute atomic E-state index is 5.37. The summed E-state index contributed by atoms with van der Waals surface area (Å²) >= 11 is 0. The van der Waals surface area contributed by atoms with Gasteiger partial charge in [-0.25, -0.2) is 9.97 Å². The molecule has 0 amide bonds. The van der Waals surface area contributed by atoms with Gasteiger partial charge in [-0.3, -0.25) is 0 Å². The number of nitrogens with one attached hydrogen (secondary N) is 1. The normalized spacial score (nSPS) is 10.4. The van der Waals surface area contributed by atoms with Gasteiger partial charge in [0.25, 0.3) is 0 Å². The lowest BCUT2D eigenvalue weighted by Gasteiger charge is -2.22. The second kappa shape index (κ2) is 10.3. The third-order valence-corrected chi connectivity index (χ3v) is 4.74. The van der Waals surface area contributed by atoms with Crippen LogP contribution in [0.25, 0.3) is 0 Å². The van der Waals surface area contributed by atoms with Crippen LogP contribution in [0.3, 0.4) is 0 Å². The lowest BCUT2D eigenvalue weighted by Crippen LogP contribution is -2.23. The van der Waals surface area contributed by atoms with Crippen LogP contribution in [0.5, 0.6) is 11.5 Å². The fourth-order valence-electron chi connectivity index (χ4n) is 3.15. The van der Waals surface area contributed by atoms with Crippen molar-refractivity contribution in [1.29, 1.82) is 0 Å². The summed E-state index contributed by atoms with van der Waals surface area (Å²) < 4.78 is 10.7. The van der Waals surface area contributed by atoms with Crippen LogP contribution >= 0.6 is 0 Å². The average Bonchev–Trinajstić information content (AvgIpc) is 2.78. The molecule has 0 bridgehead atoms. The van der Waals surface area contributed by atoms with Crippen LogP contribution in [-0.2, 0) is 13.0 Å². The molecule has 6 nitrogen and oxygen atoms in total. The van der Waals surface area contributed by atoms with Gasteiger partial charge in [-0.05, 0) is 36.6 Å². The van der Waals surface area contributed by atoms with E-state index in [0.717, 1.165) is 49.2 Å². The predicted octanol–water partition coefficient (Wildman–Crippen LogP) is 4.17. The summed E-state index contributed by atoms with van der Waals surface area (Å²) in [4.78, 5) is 11.1. The van der Waals surface area contributed by atoms with Crippen molar-refractivity contribution in [3.63, 3.8) is 0 Å². The summed E-state index contributed by atoms with van der Waals surface area (Å²) in [6.45, 7) is 4.59. The molecule has 0 spiro atoms. The van der Waals surface area contributed by atoms with E-state index in [1.54, 1.807) is 20.5 Å². The molecule has 0 aliphatic rings. The van der Waals surface area contributed by atoms with E-state index in [-0.39, 0.29) is 0 Å². The van der Waals surface area contributed by atoms with Gasteiger partial charge in [0, 0.05) is 25.7 Å². The van der Waals surface area contributed by atoms with E-state index >= 15 is 0 Å². The highest BCUT2D eigenvalue weighted by Gasteiger charge is 2.09. The third kappa shape index (κ3) is 5.60. The highest BCUT2D eigenvalue weighted by molar-refractivity contribution is 5.49. The van der Waals surface area contributed by atoms with E-state index in [1.807, 2.05) is 30.3 Å². The fraction of sp³-hybridized carbons (Fsp3) is 0.304. The molecule has 1 N–H and O–H groups in total. The summed E-state index contributed by atoms with van der Waals surface area (Å²) in [6, 6.07) is 18.4. The molecular formula is C23H28N4O2. The van der Waals surface area contributed by atoms with Gasteiger partial charge in [0.2, 0.25) is 0 Å². The second-order valence-corrected chi connectivity index (χ2v) is 6.63. The number of hydrogen-bond donors (Lipinski definition) is 1. The Labute approximate surface area is 172 Å². The number of hydrogen-bond acceptors (Lipinski definition) is 6. The zero-order chi connectivity index (χ0) is 20.5. The number of anilines is 2. The summed E-state index contributed by atoms with van der Waals surface area (Å²) in [5.41, 5.74) is 2.43. The molecule has 3 rings (SSSR count). The summed E-state index contributed by atoms with van der Waals surface area (Å²) in [7, 11) is 3.29. The highest BCUT2D eigenvalue weighted by Crippen LogP contribution is 2.27. The van der Waals surface area contributed by atoms with Gasteiger partial charge in [-0.1, -0.05) is 36.4 Å². The summed E-state index contributed by atoms with van der Waals surface area (Å²) in [5, 5.41) is 3.39. The van der Waals surface area contributed by atoms with Crippen molar-refractivity contribution in [2.75, 3.05) is 37.5 Å². The predicted molar refractivity (Wildman–Crippen MR) is 117 cm³/mol. The average molecular weight is 393 g/mol. The van der Waals surface area contributed by atoms with Crippen LogP contribution in [0.4, 0.5) is 11.6 Å². The van der Waals surface area contributed by atoms with Gasteiger partial charge in [0.1, 0.15) is 18.0 Å². The maximum Gasteiger partial charge on any atom is 0.160 e. The van der Waals surface area contributed by atoms with Crippen molar-refractivity contribution in [3.05, 3.63) is 72.1 Å². The van der Waals surface area contributed by atoms with Crippen molar-refractivity contribution in [2.24, 2.45) is 0 Å². The second-order valence-electron chi connectivity index (χ2n) is 6.63. The molecule has 0 saturated carbocycles. The number of benzene rings is 2. The molecule has 0 saturated heterocycles. The van der Waals surface area contributed by atoms with Crippen molar-refractivity contribution in [1.82, 2.24) is 9.97 Å². The van der Waals surface area contributed by atoms with Crippen LogP contribution in [0.1, 0.15) is 18.1 Å². The smallest absolute Gasteiger partial charge is 0.160 e. The van der Waals surface area contributed by atoms with Gasteiger partial charge < -0.3 is 19.7 Å². The van der Waals surface area contributed by atoms with E-state index in [0.29, 0.717) is 0 Å². The molecule has 2 aromatic carbocycles. The third-order valence-electron chi connectivity index (χ3n) is 4.74. The Morgan fingerprint density at radius 3 is 2.41 bits per heavy atom. The molecule has 0 aliphatic carbocycles.